The quantitative estimate of drug-likeness (QED) is 0.418. The molecule has 0 aliphatic rings. The van der Waals surface area contributed by atoms with E-state index in [0.29, 0.717) is 11.4 Å². The maximum atomic E-state index is 12.0. The summed E-state index contributed by atoms with van der Waals surface area (Å²) in [5.41, 5.74) is 2.20. The standard InChI is InChI=1S/C17H16BrN3O4S/c1-10-3-6-15(13(18)7-10)25-9-16(22)20-17(26)19-14-8-12(21(23)24)5-4-11(14)2/h3-8H,9H2,1-2H3,(H2,19,20,22,26). The van der Waals surface area contributed by atoms with Crippen molar-refractivity contribution < 1.29 is 14.5 Å². The summed E-state index contributed by atoms with van der Waals surface area (Å²) in [6.45, 7) is 3.49. The third-order valence-corrected chi connectivity index (χ3v) is 4.20. The largest absolute Gasteiger partial charge is 0.483 e. The average Bonchev–Trinajstić information content (AvgIpc) is 2.55. The number of nitrogens with zero attached hydrogens (tertiary/aromatic N) is 1. The Balaban J connectivity index is 1.92. The van der Waals surface area contributed by atoms with Gasteiger partial charge in [-0.05, 0) is 65.3 Å². The van der Waals surface area contributed by atoms with E-state index < -0.39 is 10.8 Å². The number of amides is 1. The topological polar surface area (TPSA) is 93.5 Å². The van der Waals surface area contributed by atoms with Gasteiger partial charge in [-0.3, -0.25) is 20.2 Å². The number of halogens is 1. The van der Waals surface area contributed by atoms with Gasteiger partial charge < -0.3 is 10.1 Å². The Hall–Kier alpha value is -2.52. The SMILES string of the molecule is Cc1ccc(OCC(=O)NC(=S)Nc2cc([N+](=O)[O-])ccc2C)c(Br)c1. The normalized spacial score (nSPS) is 10.1. The highest BCUT2D eigenvalue weighted by molar-refractivity contribution is 9.10. The fourth-order valence-electron chi connectivity index (χ4n) is 2.04. The molecule has 0 unspecified atom stereocenters. The number of aryl methyl sites for hydroxylation is 2. The van der Waals surface area contributed by atoms with Crippen molar-refractivity contribution >= 4 is 50.5 Å². The van der Waals surface area contributed by atoms with Crippen molar-refractivity contribution in [3.05, 3.63) is 62.1 Å². The third kappa shape index (κ3) is 5.50. The minimum Gasteiger partial charge on any atom is -0.483 e. The molecule has 0 bridgehead atoms. The van der Waals surface area contributed by atoms with E-state index in [4.69, 9.17) is 17.0 Å². The van der Waals surface area contributed by atoms with Crippen molar-refractivity contribution in [2.75, 3.05) is 11.9 Å². The molecular formula is C17H16BrN3O4S. The number of ether oxygens (including phenoxy) is 1. The lowest BCUT2D eigenvalue weighted by molar-refractivity contribution is -0.384. The summed E-state index contributed by atoms with van der Waals surface area (Å²) in [4.78, 5) is 22.3. The number of carbonyl (C=O) groups excluding carboxylic acids is 1. The Labute approximate surface area is 164 Å². The van der Waals surface area contributed by atoms with Crippen LogP contribution in [0.2, 0.25) is 0 Å². The number of non-ortho nitro benzene ring substituents is 1. The molecule has 0 atom stereocenters. The predicted octanol–water partition coefficient (Wildman–Crippen LogP) is 3.87. The first-order valence-electron chi connectivity index (χ1n) is 7.51. The van der Waals surface area contributed by atoms with Gasteiger partial charge in [-0.15, -0.1) is 0 Å². The number of nitro groups is 1. The minimum atomic E-state index is -0.500. The molecular weight excluding hydrogens is 422 g/mol. The van der Waals surface area contributed by atoms with E-state index in [1.165, 1.54) is 12.1 Å². The molecule has 136 valence electrons. The number of benzene rings is 2. The maximum absolute atomic E-state index is 12.0. The molecule has 0 fully saturated rings. The van der Waals surface area contributed by atoms with Gasteiger partial charge in [0.25, 0.3) is 11.6 Å². The molecule has 0 saturated carbocycles. The van der Waals surface area contributed by atoms with Crippen LogP contribution in [0.3, 0.4) is 0 Å². The summed E-state index contributed by atoms with van der Waals surface area (Å²) in [6.07, 6.45) is 0. The summed E-state index contributed by atoms with van der Waals surface area (Å²) < 4.78 is 6.19. The number of nitro benzene ring substituents is 1. The second-order valence-electron chi connectivity index (χ2n) is 5.48. The molecule has 0 aromatic heterocycles. The summed E-state index contributed by atoms with van der Waals surface area (Å²) in [7, 11) is 0. The molecule has 2 aromatic carbocycles. The molecule has 2 N–H and O–H groups in total. The summed E-state index contributed by atoms with van der Waals surface area (Å²) in [5, 5.41) is 16.1. The van der Waals surface area contributed by atoms with Gasteiger partial charge in [0.1, 0.15) is 5.75 Å². The van der Waals surface area contributed by atoms with Gasteiger partial charge in [-0.2, -0.15) is 0 Å². The van der Waals surface area contributed by atoms with E-state index in [-0.39, 0.29) is 17.4 Å². The van der Waals surface area contributed by atoms with Crippen LogP contribution < -0.4 is 15.4 Å². The summed E-state index contributed by atoms with van der Waals surface area (Å²) in [6, 6.07) is 9.86. The average molecular weight is 438 g/mol. The number of hydrogen-bond acceptors (Lipinski definition) is 5. The van der Waals surface area contributed by atoms with Crippen LogP contribution >= 0.6 is 28.1 Å². The Morgan fingerprint density at radius 3 is 2.65 bits per heavy atom. The van der Waals surface area contributed by atoms with Crippen LogP contribution in [-0.4, -0.2) is 22.5 Å². The van der Waals surface area contributed by atoms with E-state index in [9.17, 15) is 14.9 Å². The molecule has 1 amide bonds. The van der Waals surface area contributed by atoms with Gasteiger partial charge in [0.05, 0.1) is 9.40 Å². The van der Waals surface area contributed by atoms with Crippen molar-refractivity contribution in [2.45, 2.75) is 13.8 Å². The van der Waals surface area contributed by atoms with Crippen LogP contribution in [0.1, 0.15) is 11.1 Å². The lowest BCUT2D eigenvalue weighted by Crippen LogP contribution is -2.37. The van der Waals surface area contributed by atoms with E-state index in [1.807, 2.05) is 19.1 Å². The van der Waals surface area contributed by atoms with Crippen LogP contribution in [0, 0.1) is 24.0 Å². The second-order valence-corrected chi connectivity index (χ2v) is 6.74. The molecule has 0 aliphatic heterocycles. The lowest BCUT2D eigenvalue weighted by atomic mass is 10.2. The number of rotatable bonds is 5. The zero-order chi connectivity index (χ0) is 19.3. The van der Waals surface area contributed by atoms with Crippen LogP contribution in [0.15, 0.2) is 40.9 Å². The van der Waals surface area contributed by atoms with E-state index in [2.05, 4.69) is 26.6 Å². The van der Waals surface area contributed by atoms with Crippen LogP contribution in [0.5, 0.6) is 5.75 Å². The molecule has 0 spiro atoms. The molecule has 2 rings (SSSR count). The van der Waals surface area contributed by atoms with Crippen LogP contribution in [0.4, 0.5) is 11.4 Å². The highest BCUT2D eigenvalue weighted by Gasteiger charge is 2.12. The number of carbonyl (C=O) groups is 1. The molecule has 0 heterocycles. The fraction of sp³-hybridized carbons (Fsp3) is 0.176. The zero-order valence-electron chi connectivity index (χ0n) is 14.0. The number of thiocarbonyl (C=S) groups is 1. The van der Waals surface area contributed by atoms with Gasteiger partial charge in [0.2, 0.25) is 0 Å². The Morgan fingerprint density at radius 2 is 2.00 bits per heavy atom. The highest BCUT2D eigenvalue weighted by Crippen LogP contribution is 2.25. The van der Waals surface area contributed by atoms with E-state index in [0.717, 1.165) is 15.6 Å². The van der Waals surface area contributed by atoms with E-state index >= 15 is 0 Å². The van der Waals surface area contributed by atoms with Gasteiger partial charge in [-0.25, -0.2) is 0 Å². The fourth-order valence-corrected chi connectivity index (χ4v) is 2.87. The smallest absolute Gasteiger partial charge is 0.271 e. The van der Waals surface area contributed by atoms with Crippen LogP contribution in [0.25, 0.3) is 0 Å². The van der Waals surface area contributed by atoms with Crippen molar-refractivity contribution in [1.29, 1.82) is 0 Å². The van der Waals surface area contributed by atoms with Gasteiger partial charge in [0, 0.05) is 17.8 Å². The van der Waals surface area contributed by atoms with Gasteiger partial charge in [-0.1, -0.05) is 12.1 Å². The molecule has 7 nitrogen and oxygen atoms in total. The maximum Gasteiger partial charge on any atom is 0.271 e. The predicted molar refractivity (Wildman–Crippen MR) is 107 cm³/mol. The first-order chi connectivity index (χ1) is 12.3. The molecule has 9 heteroatoms. The zero-order valence-corrected chi connectivity index (χ0v) is 16.4. The summed E-state index contributed by atoms with van der Waals surface area (Å²) >= 11 is 8.45. The van der Waals surface area contributed by atoms with Crippen molar-refractivity contribution in [3.63, 3.8) is 0 Å². The van der Waals surface area contributed by atoms with Crippen molar-refractivity contribution in [2.24, 2.45) is 0 Å². The molecule has 2 aromatic rings. The molecule has 0 aliphatic carbocycles. The Morgan fingerprint density at radius 1 is 1.27 bits per heavy atom. The Kier molecular flexibility index (Phi) is 6.64. The van der Waals surface area contributed by atoms with Crippen molar-refractivity contribution in [3.8, 4) is 5.75 Å². The molecule has 26 heavy (non-hydrogen) atoms. The lowest BCUT2D eigenvalue weighted by Gasteiger charge is -2.12. The molecule has 0 radical (unpaired) electrons. The second kappa shape index (κ2) is 8.72. The van der Waals surface area contributed by atoms with E-state index in [1.54, 1.807) is 19.1 Å². The number of anilines is 1. The van der Waals surface area contributed by atoms with Gasteiger partial charge in [0.15, 0.2) is 11.7 Å². The number of nitrogens with one attached hydrogen (secondary N) is 2. The van der Waals surface area contributed by atoms with Crippen LogP contribution in [-0.2, 0) is 4.79 Å². The third-order valence-electron chi connectivity index (χ3n) is 3.38. The van der Waals surface area contributed by atoms with Gasteiger partial charge >= 0.3 is 0 Å². The number of hydrogen-bond donors (Lipinski definition) is 2. The first kappa shape index (κ1) is 19.8. The monoisotopic (exact) mass is 437 g/mol. The van der Waals surface area contributed by atoms with Crippen molar-refractivity contribution in [1.82, 2.24) is 5.32 Å². The Bertz CT molecular complexity index is 873. The highest BCUT2D eigenvalue weighted by atomic mass is 79.9. The first-order valence-corrected chi connectivity index (χ1v) is 8.71. The minimum absolute atomic E-state index is 0.0326. The summed E-state index contributed by atoms with van der Waals surface area (Å²) in [5.74, 6) is 0.0946. The molecule has 0 saturated heterocycles.